The van der Waals surface area contributed by atoms with Gasteiger partial charge in [-0.2, -0.15) is 0 Å². The van der Waals surface area contributed by atoms with Crippen LogP contribution < -0.4 is 5.32 Å². The van der Waals surface area contributed by atoms with E-state index in [1.165, 1.54) is 24.4 Å². The molecule has 0 saturated heterocycles. The topological polar surface area (TPSA) is 65.1 Å². The molecule has 3 N–H and O–H groups in total. The number of aromatic amines is 1. The van der Waals surface area contributed by atoms with Gasteiger partial charge in [0.25, 0.3) is 5.91 Å². The highest BCUT2D eigenvalue weighted by atomic mass is 35.5. The van der Waals surface area contributed by atoms with Crippen LogP contribution in [0.15, 0.2) is 36.5 Å². The Bertz CT molecular complexity index is 522. The number of aromatic hydroxyl groups is 1. The zero-order valence-electron chi connectivity index (χ0n) is 8.20. The number of phenolic OH excluding ortho intramolecular Hbond substituents is 1. The molecule has 2 rings (SSSR count). The number of benzene rings is 1. The molecule has 0 aliphatic heterocycles. The molecule has 5 heteroatoms. The van der Waals surface area contributed by atoms with Gasteiger partial charge in [0.15, 0.2) is 0 Å². The van der Waals surface area contributed by atoms with Gasteiger partial charge in [0.05, 0.1) is 5.02 Å². The first-order valence-electron chi connectivity index (χ1n) is 4.59. The number of halogens is 1. The quantitative estimate of drug-likeness (QED) is 0.751. The van der Waals surface area contributed by atoms with Crippen LogP contribution in [0.4, 0.5) is 5.69 Å². The lowest BCUT2D eigenvalue weighted by molar-refractivity contribution is 0.102. The van der Waals surface area contributed by atoms with E-state index >= 15 is 0 Å². The third kappa shape index (κ3) is 2.35. The van der Waals surface area contributed by atoms with E-state index in [9.17, 15) is 9.90 Å². The molecule has 1 aromatic carbocycles. The summed E-state index contributed by atoms with van der Waals surface area (Å²) in [4.78, 5) is 14.4. The minimum atomic E-state index is -0.308. The van der Waals surface area contributed by atoms with Gasteiger partial charge in [-0.25, -0.2) is 0 Å². The number of aromatic nitrogens is 1. The molecule has 2 aromatic rings. The maximum Gasteiger partial charge on any atom is 0.272 e. The number of amides is 1. The van der Waals surface area contributed by atoms with Gasteiger partial charge in [-0.15, -0.1) is 0 Å². The Kier molecular flexibility index (Phi) is 2.83. The number of hydrogen-bond acceptors (Lipinski definition) is 2. The number of hydrogen-bond donors (Lipinski definition) is 3. The predicted molar refractivity (Wildman–Crippen MR) is 61.9 cm³/mol. The van der Waals surface area contributed by atoms with E-state index in [0.29, 0.717) is 16.4 Å². The van der Waals surface area contributed by atoms with Gasteiger partial charge in [0, 0.05) is 18.0 Å². The fourth-order valence-electron chi connectivity index (χ4n) is 1.28. The van der Waals surface area contributed by atoms with Crippen molar-refractivity contribution < 1.29 is 9.90 Å². The third-order valence-corrected chi connectivity index (χ3v) is 2.21. The van der Waals surface area contributed by atoms with Crippen molar-refractivity contribution in [3.8, 4) is 5.75 Å². The summed E-state index contributed by atoms with van der Waals surface area (Å²) in [5.74, 6) is -0.209. The fourth-order valence-corrected chi connectivity index (χ4v) is 1.44. The molecule has 0 atom stereocenters. The maximum absolute atomic E-state index is 11.7. The van der Waals surface area contributed by atoms with Crippen molar-refractivity contribution in [3.63, 3.8) is 0 Å². The van der Waals surface area contributed by atoms with E-state index in [0.717, 1.165) is 0 Å². The summed E-state index contributed by atoms with van der Waals surface area (Å²) in [7, 11) is 0. The SMILES string of the molecule is O=C(Nc1cccc(O)c1)c1cc(Cl)c[nH]1. The first-order valence-corrected chi connectivity index (χ1v) is 4.97. The molecule has 16 heavy (non-hydrogen) atoms. The second kappa shape index (κ2) is 4.28. The van der Waals surface area contributed by atoms with Crippen LogP contribution in [0.2, 0.25) is 5.02 Å². The molecule has 4 nitrogen and oxygen atoms in total. The Hall–Kier alpha value is -1.94. The lowest BCUT2D eigenvalue weighted by Crippen LogP contribution is -2.11. The summed E-state index contributed by atoms with van der Waals surface area (Å²) < 4.78 is 0. The van der Waals surface area contributed by atoms with Gasteiger partial charge in [-0.3, -0.25) is 4.79 Å². The first kappa shape index (κ1) is 10.6. The lowest BCUT2D eigenvalue weighted by Gasteiger charge is -2.03. The number of rotatable bonds is 2. The Morgan fingerprint density at radius 2 is 2.19 bits per heavy atom. The van der Waals surface area contributed by atoms with E-state index in [1.54, 1.807) is 12.1 Å². The number of nitrogens with one attached hydrogen (secondary N) is 2. The molecular weight excluding hydrogens is 228 g/mol. The van der Waals surface area contributed by atoms with Crippen LogP contribution in [0.25, 0.3) is 0 Å². The van der Waals surface area contributed by atoms with Crippen molar-refractivity contribution in [3.05, 3.63) is 47.2 Å². The Labute approximate surface area is 96.9 Å². The number of carbonyl (C=O) groups is 1. The van der Waals surface area contributed by atoms with Gasteiger partial charge in [0.1, 0.15) is 11.4 Å². The average molecular weight is 237 g/mol. The lowest BCUT2D eigenvalue weighted by atomic mass is 10.3. The van der Waals surface area contributed by atoms with Crippen molar-refractivity contribution in [1.82, 2.24) is 4.98 Å². The molecule has 0 radical (unpaired) electrons. The molecule has 1 aromatic heterocycles. The Balaban J connectivity index is 2.13. The predicted octanol–water partition coefficient (Wildman–Crippen LogP) is 2.63. The van der Waals surface area contributed by atoms with Crippen molar-refractivity contribution in [1.29, 1.82) is 0 Å². The number of H-pyrrole nitrogens is 1. The molecule has 0 aliphatic rings. The van der Waals surface area contributed by atoms with Gasteiger partial charge in [-0.1, -0.05) is 17.7 Å². The molecule has 1 heterocycles. The Morgan fingerprint density at radius 3 is 2.81 bits per heavy atom. The zero-order chi connectivity index (χ0) is 11.5. The minimum absolute atomic E-state index is 0.0994. The first-order chi connectivity index (χ1) is 7.65. The fraction of sp³-hybridized carbons (Fsp3) is 0. The number of anilines is 1. The van der Waals surface area contributed by atoms with Gasteiger partial charge in [-0.05, 0) is 18.2 Å². The minimum Gasteiger partial charge on any atom is -0.508 e. The molecule has 1 amide bonds. The van der Waals surface area contributed by atoms with E-state index in [1.807, 2.05) is 0 Å². The molecular formula is C11H9ClN2O2. The third-order valence-electron chi connectivity index (χ3n) is 2.00. The Morgan fingerprint density at radius 1 is 1.38 bits per heavy atom. The highest BCUT2D eigenvalue weighted by Crippen LogP contribution is 2.17. The van der Waals surface area contributed by atoms with Crippen LogP contribution >= 0.6 is 11.6 Å². The molecule has 0 bridgehead atoms. The van der Waals surface area contributed by atoms with Crippen LogP contribution in [0.1, 0.15) is 10.5 Å². The smallest absolute Gasteiger partial charge is 0.272 e. The van der Waals surface area contributed by atoms with Crippen LogP contribution in [-0.2, 0) is 0 Å². The average Bonchev–Trinajstić information content (AvgIpc) is 2.65. The summed E-state index contributed by atoms with van der Waals surface area (Å²) in [5, 5.41) is 12.3. The van der Waals surface area contributed by atoms with Crippen molar-refractivity contribution in [2.24, 2.45) is 0 Å². The molecule has 0 fully saturated rings. The van der Waals surface area contributed by atoms with Crippen molar-refractivity contribution in [2.75, 3.05) is 5.32 Å². The number of phenols is 1. The molecule has 0 aliphatic carbocycles. The normalized spacial score (nSPS) is 10.1. The second-order valence-electron chi connectivity index (χ2n) is 3.24. The van der Waals surface area contributed by atoms with Crippen LogP contribution in [-0.4, -0.2) is 16.0 Å². The number of carbonyl (C=O) groups excluding carboxylic acids is 1. The monoisotopic (exact) mass is 236 g/mol. The van der Waals surface area contributed by atoms with E-state index in [4.69, 9.17) is 11.6 Å². The summed E-state index contributed by atoms with van der Waals surface area (Å²) >= 11 is 5.68. The zero-order valence-corrected chi connectivity index (χ0v) is 8.95. The standard InChI is InChI=1S/C11H9ClN2O2/c12-7-4-10(13-6-7)11(16)14-8-2-1-3-9(15)5-8/h1-6,13,15H,(H,14,16). The highest BCUT2D eigenvalue weighted by molar-refractivity contribution is 6.31. The van der Waals surface area contributed by atoms with E-state index in [-0.39, 0.29) is 11.7 Å². The summed E-state index contributed by atoms with van der Waals surface area (Å²) in [6.07, 6.45) is 1.53. The summed E-state index contributed by atoms with van der Waals surface area (Å²) in [5.41, 5.74) is 0.893. The second-order valence-corrected chi connectivity index (χ2v) is 3.67. The van der Waals surface area contributed by atoms with Gasteiger partial charge in [0.2, 0.25) is 0 Å². The molecule has 82 valence electrons. The highest BCUT2D eigenvalue weighted by Gasteiger charge is 2.08. The maximum atomic E-state index is 11.7. The van der Waals surface area contributed by atoms with Gasteiger partial charge < -0.3 is 15.4 Å². The largest absolute Gasteiger partial charge is 0.508 e. The van der Waals surface area contributed by atoms with Crippen LogP contribution in [0, 0.1) is 0 Å². The van der Waals surface area contributed by atoms with E-state index in [2.05, 4.69) is 10.3 Å². The van der Waals surface area contributed by atoms with Crippen LogP contribution in [0.3, 0.4) is 0 Å². The van der Waals surface area contributed by atoms with Crippen molar-refractivity contribution in [2.45, 2.75) is 0 Å². The summed E-state index contributed by atoms with van der Waals surface area (Å²) in [6.45, 7) is 0. The molecule has 0 unspecified atom stereocenters. The summed E-state index contributed by atoms with van der Waals surface area (Å²) in [6, 6.07) is 7.85. The molecule has 0 spiro atoms. The molecule has 0 saturated carbocycles. The van der Waals surface area contributed by atoms with E-state index < -0.39 is 0 Å². The van der Waals surface area contributed by atoms with Gasteiger partial charge >= 0.3 is 0 Å². The van der Waals surface area contributed by atoms with Crippen LogP contribution in [0.5, 0.6) is 5.75 Å². The van der Waals surface area contributed by atoms with Crippen molar-refractivity contribution >= 4 is 23.2 Å².